The lowest BCUT2D eigenvalue weighted by Gasteiger charge is -2.34. The maximum Gasteiger partial charge on any atom is 0.243 e. The van der Waals surface area contributed by atoms with Gasteiger partial charge in [-0.05, 0) is 19.3 Å². The lowest BCUT2D eigenvalue weighted by atomic mass is 10.0. The minimum absolute atomic E-state index is 0.0543. The Labute approximate surface area is 96.7 Å². The summed E-state index contributed by atoms with van der Waals surface area (Å²) in [5.74, 6) is 0.0138. The number of carbonyl (C=O) groups is 2. The summed E-state index contributed by atoms with van der Waals surface area (Å²) in [7, 11) is 0. The topological polar surface area (TPSA) is 49.4 Å². The van der Waals surface area contributed by atoms with Crippen molar-refractivity contribution in [2.24, 2.45) is 0 Å². The number of rotatable bonds is 4. The van der Waals surface area contributed by atoms with Crippen molar-refractivity contribution in [3.8, 4) is 0 Å². The summed E-state index contributed by atoms with van der Waals surface area (Å²) >= 11 is 0. The minimum Gasteiger partial charge on any atom is -0.351 e. The van der Waals surface area contributed by atoms with Gasteiger partial charge >= 0.3 is 0 Å². The van der Waals surface area contributed by atoms with E-state index in [0.717, 1.165) is 19.3 Å². The highest BCUT2D eigenvalue weighted by Gasteiger charge is 2.30. The summed E-state index contributed by atoms with van der Waals surface area (Å²) in [5.41, 5.74) is 0. The molecule has 1 rings (SSSR count). The van der Waals surface area contributed by atoms with Gasteiger partial charge in [0, 0.05) is 19.5 Å². The monoisotopic (exact) mass is 224 g/mol. The zero-order chi connectivity index (χ0) is 12.0. The van der Waals surface area contributed by atoms with Gasteiger partial charge in [-0.15, -0.1) is 6.58 Å². The molecule has 0 aromatic rings. The first-order chi connectivity index (χ1) is 7.70. The molecule has 0 bridgehead atoms. The molecule has 1 saturated heterocycles. The third kappa shape index (κ3) is 3.08. The summed E-state index contributed by atoms with van der Waals surface area (Å²) in [6.45, 7) is 6.55. The van der Waals surface area contributed by atoms with Crippen molar-refractivity contribution < 1.29 is 9.59 Å². The molecule has 16 heavy (non-hydrogen) atoms. The highest BCUT2D eigenvalue weighted by molar-refractivity contribution is 5.87. The molecule has 0 aliphatic carbocycles. The van der Waals surface area contributed by atoms with Crippen LogP contribution in [0.5, 0.6) is 0 Å². The Morgan fingerprint density at radius 1 is 1.50 bits per heavy atom. The fraction of sp³-hybridized carbons (Fsp3) is 0.667. The van der Waals surface area contributed by atoms with Crippen molar-refractivity contribution in [2.75, 3.05) is 13.1 Å². The molecule has 4 heteroatoms. The largest absolute Gasteiger partial charge is 0.351 e. The molecule has 1 N–H and O–H groups in total. The number of nitrogens with zero attached hydrogens (tertiary/aromatic N) is 1. The molecule has 0 saturated carbocycles. The number of carbonyl (C=O) groups excluding carboxylic acids is 2. The predicted molar refractivity (Wildman–Crippen MR) is 62.8 cm³/mol. The average Bonchev–Trinajstić information content (AvgIpc) is 2.35. The van der Waals surface area contributed by atoms with E-state index in [1.807, 2.05) is 6.92 Å². The summed E-state index contributed by atoms with van der Waals surface area (Å²) in [6, 6.07) is -0.277. The van der Waals surface area contributed by atoms with E-state index in [-0.39, 0.29) is 17.9 Å². The molecular weight excluding hydrogens is 204 g/mol. The van der Waals surface area contributed by atoms with Crippen LogP contribution >= 0.6 is 0 Å². The Balaban J connectivity index is 2.62. The van der Waals surface area contributed by atoms with Gasteiger partial charge in [-0.2, -0.15) is 0 Å². The number of hydrogen-bond donors (Lipinski definition) is 1. The second-order valence-corrected chi connectivity index (χ2v) is 3.99. The van der Waals surface area contributed by atoms with Gasteiger partial charge in [0.15, 0.2) is 0 Å². The van der Waals surface area contributed by atoms with Gasteiger partial charge in [-0.25, -0.2) is 0 Å². The first-order valence-corrected chi connectivity index (χ1v) is 5.88. The number of piperidine rings is 1. The van der Waals surface area contributed by atoms with Crippen LogP contribution in [-0.2, 0) is 9.59 Å². The molecule has 4 nitrogen and oxygen atoms in total. The minimum atomic E-state index is -0.277. The Morgan fingerprint density at radius 2 is 2.25 bits per heavy atom. The van der Waals surface area contributed by atoms with Crippen LogP contribution < -0.4 is 5.32 Å². The quantitative estimate of drug-likeness (QED) is 0.726. The van der Waals surface area contributed by atoms with E-state index in [1.165, 1.54) is 0 Å². The predicted octanol–water partition coefficient (Wildman–Crippen LogP) is 1.08. The van der Waals surface area contributed by atoms with Crippen LogP contribution in [0.15, 0.2) is 12.7 Å². The van der Waals surface area contributed by atoms with E-state index in [1.54, 1.807) is 11.0 Å². The third-order valence-electron chi connectivity index (χ3n) is 2.85. The molecule has 1 atom stereocenters. The lowest BCUT2D eigenvalue weighted by Crippen LogP contribution is -2.51. The molecule has 1 fully saturated rings. The molecule has 0 aromatic carbocycles. The molecule has 1 heterocycles. The Hall–Kier alpha value is -1.32. The van der Waals surface area contributed by atoms with Gasteiger partial charge in [-0.1, -0.05) is 13.0 Å². The van der Waals surface area contributed by atoms with Gasteiger partial charge in [0.25, 0.3) is 0 Å². The van der Waals surface area contributed by atoms with Gasteiger partial charge in [0.05, 0.1) is 0 Å². The van der Waals surface area contributed by atoms with E-state index < -0.39 is 0 Å². The lowest BCUT2D eigenvalue weighted by molar-refractivity contribution is -0.141. The fourth-order valence-electron chi connectivity index (χ4n) is 2.00. The van der Waals surface area contributed by atoms with Crippen LogP contribution in [0.4, 0.5) is 0 Å². The van der Waals surface area contributed by atoms with Crippen LogP contribution in [0.3, 0.4) is 0 Å². The maximum absolute atomic E-state index is 11.8. The average molecular weight is 224 g/mol. The zero-order valence-electron chi connectivity index (χ0n) is 9.87. The van der Waals surface area contributed by atoms with Crippen LogP contribution in [0, 0.1) is 0 Å². The van der Waals surface area contributed by atoms with Gasteiger partial charge < -0.3 is 10.2 Å². The number of hydrogen-bond acceptors (Lipinski definition) is 2. The standard InChI is InChI=1S/C12H20N2O2/c1-3-8-13-12(16)10-7-5-6-9-14(10)11(15)4-2/h3,10H,1,4-9H2,2H3,(H,13,16). The number of amides is 2. The zero-order valence-corrected chi connectivity index (χ0v) is 9.87. The molecule has 0 radical (unpaired) electrons. The van der Waals surface area contributed by atoms with E-state index in [2.05, 4.69) is 11.9 Å². The third-order valence-corrected chi connectivity index (χ3v) is 2.85. The number of nitrogens with one attached hydrogen (secondary N) is 1. The first kappa shape index (κ1) is 12.7. The normalized spacial score (nSPS) is 20.3. The van der Waals surface area contributed by atoms with Crippen LogP contribution in [0.2, 0.25) is 0 Å². The second-order valence-electron chi connectivity index (χ2n) is 3.99. The molecule has 90 valence electrons. The van der Waals surface area contributed by atoms with Crippen molar-refractivity contribution in [3.05, 3.63) is 12.7 Å². The molecular formula is C12H20N2O2. The number of likely N-dealkylation sites (tertiary alicyclic amines) is 1. The molecule has 1 unspecified atom stereocenters. The molecule has 2 amide bonds. The summed E-state index contributed by atoms with van der Waals surface area (Å²) < 4.78 is 0. The maximum atomic E-state index is 11.8. The second kappa shape index (κ2) is 6.30. The molecule has 0 aromatic heterocycles. The summed E-state index contributed by atoms with van der Waals surface area (Å²) in [5, 5.41) is 2.76. The highest BCUT2D eigenvalue weighted by atomic mass is 16.2. The highest BCUT2D eigenvalue weighted by Crippen LogP contribution is 2.18. The van der Waals surface area contributed by atoms with Gasteiger partial charge in [0.1, 0.15) is 6.04 Å². The van der Waals surface area contributed by atoms with E-state index in [4.69, 9.17) is 0 Å². The van der Waals surface area contributed by atoms with Crippen molar-refractivity contribution in [2.45, 2.75) is 38.6 Å². The molecule has 1 aliphatic heterocycles. The van der Waals surface area contributed by atoms with Crippen molar-refractivity contribution in [3.63, 3.8) is 0 Å². The SMILES string of the molecule is C=CCNC(=O)C1CCCCN1C(=O)CC. The molecule has 0 spiro atoms. The Kier molecular flexibility index (Phi) is 5.02. The summed E-state index contributed by atoms with van der Waals surface area (Å²) in [4.78, 5) is 25.2. The fourth-order valence-corrected chi connectivity index (χ4v) is 2.00. The summed E-state index contributed by atoms with van der Waals surface area (Å²) in [6.07, 6.45) is 4.89. The van der Waals surface area contributed by atoms with Crippen molar-refractivity contribution >= 4 is 11.8 Å². The van der Waals surface area contributed by atoms with Crippen molar-refractivity contribution in [1.82, 2.24) is 10.2 Å². The van der Waals surface area contributed by atoms with Gasteiger partial charge in [0.2, 0.25) is 11.8 Å². The van der Waals surface area contributed by atoms with Crippen LogP contribution in [-0.4, -0.2) is 35.8 Å². The van der Waals surface area contributed by atoms with Crippen LogP contribution in [0.1, 0.15) is 32.6 Å². The first-order valence-electron chi connectivity index (χ1n) is 5.88. The van der Waals surface area contributed by atoms with Crippen molar-refractivity contribution in [1.29, 1.82) is 0 Å². The molecule has 1 aliphatic rings. The Morgan fingerprint density at radius 3 is 2.88 bits per heavy atom. The van der Waals surface area contributed by atoms with E-state index in [0.29, 0.717) is 19.5 Å². The van der Waals surface area contributed by atoms with Gasteiger partial charge in [-0.3, -0.25) is 9.59 Å². The smallest absolute Gasteiger partial charge is 0.243 e. The van der Waals surface area contributed by atoms with E-state index in [9.17, 15) is 9.59 Å². The Bertz CT molecular complexity index is 276. The van der Waals surface area contributed by atoms with Crippen LogP contribution in [0.25, 0.3) is 0 Å². The van der Waals surface area contributed by atoms with E-state index >= 15 is 0 Å².